The molecule has 1 fully saturated rings. The van der Waals surface area contributed by atoms with Crippen LogP contribution in [0.3, 0.4) is 0 Å². The Labute approximate surface area is 171 Å². The first-order valence-corrected chi connectivity index (χ1v) is 9.93. The van der Waals surface area contributed by atoms with Gasteiger partial charge in [-0.25, -0.2) is 0 Å². The normalized spacial score (nSPS) is 23.7. The van der Waals surface area contributed by atoms with Gasteiger partial charge in [-0.15, -0.1) is 0 Å². The van der Waals surface area contributed by atoms with Crippen molar-refractivity contribution in [2.24, 2.45) is 11.1 Å². The maximum Gasteiger partial charge on any atom is 0.259 e. The average molecular weight is 452 g/mol. The zero-order valence-corrected chi connectivity index (χ0v) is 17.6. The number of morpholine rings is 1. The highest BCUT2D eigenvalue weighted by molar-refractivity contribution is 9.10. The molecule has 4 rings (SSSR count). The van der Waals surface area contributed by atoms with E-state index in [-0.39, 0.29) is 17.0 Å². The van der Waals surface area contributed by atoms with Crippen LogP contribution >= 0.6 is 15.9 Å². The number of pyridine rings is 1. The summed E-state index contributed by atoms with van der Waals surface area (Å²) in [4.78, 5) is 3.95. The Bertz CT molecular complexity index is 918. The number of hydrogen-bond donors (Lipinski definition) is 2. The quantitative estimate of drug-likeness (QED) is 0.678. The summed E-state index contributed by atoms with van der Waals surface area (Å²) in [5.74, 6) is -0.00284. The van der Waals surface area contributed by atoms with E-state index in [1.807, 2.05) is 32.9 Å². The lowest BCUT2D eigenvalue weighted by Gasteiger charge is -2.44. The van der Waals surface area contributed by atoms with Gasteiger partial charge in [0.05, 0.1) is 6.61 Å². The van der Waals surface area contributed by atoms with Gasteiger partial charge >= 0.3 is 0 Å². The highest BCUT2D eigenvalue weighted by Gasteiger charge is 2.48. The molecule has 1 saturated heterocycles. The molecule has 1 spiro atoms. The van der Waals surface area contributed by atoms with Gasteiger partial charge < -0.3 is 25.3 Å². The van der Waals surface area contributed by atoms with Crippen LogP contribution in [-0.4, -0.2) is 30.9 Å². The molecular weight excluding hydrogens is 429 g/mol. The predicted molar refractivity (Wildman–Crippen MR) is 106 cm³/mol. The van der Waals surface area contributed by atoms with Crippen molar-refractivity contribution >= 4 is 15.9 Å². The van der Waals surface area contributed by atoms with Gasteiger partial charge in [0.25, 0.3) is 5.95 Å². The number of halogens is 2. The van der Waals surface area contributed by atoms with E-state index in [0.717, 1.165) is 10.0 Å². The summed E-state index contributed by atoms with van der Waals surface area (Å²) in [5, 5.41) is 3.29. The van der Waals surface area contributed by atoms with E-state index >= 15 is 0 Å². The van der Waals surface area contributed by atoms with Crippen molar-refractivity contribution < 1.29 is 18.6 Å². The fourth-order valence-electron chi connectivity index (χ4n) is 3.45. The third-order valence-electron chi connectivity index (χ3n) is 4.66. The first kappa shape index (κ1) is 19.6. The fourth-order valence-corrected chi connectivity index (χ4v) is 3.81. The van der Waals surface area contributed by atoms with Crippen LogP contribution in [-0.2, 0) is 10.3 Å². The molecule has 2 aliphatic heterocycles. The highest BCUT2D eigenvalue weighted by Crippen LogP contribution is 2.51. The molecule has 2 aromatic rings. The second-order valence-electron chi connectivity index (χ2n) is 8.33. The molecule has 0 amide bonds. The molecule has 2 atom stereocenters. The Kier molecular flexibility index (Phi) is 4.86. The highest BCUT2D eigenvalue weighted by atomic mass is 79.9. The van der Waals surface area contributed by atoms with Crippen LogP contribution in [0.4, 0.5) is 4.39 Å². The Hall–Kier alpha value is -1.74. The molecule has 1 aromatic heterocycles. The molecular formula is C20H23BrFN3O3. The van der Waals surface area contributed by atoms with Gasteiger partial charge in [-0.2, -0.15) is 9.37 Å². The van der Waals surface area contributed by atoms with Crippen molar-refractivity contribution in [1.82, 2.24) is 10.3 Å². The van der Waals surface area contributed by atoms with Crippen molar-refractivity contribution in [3.63, 3.8) is 0 Å². The van der Waals surface area contributed by atoms with E-state index in [0.29, 0.717) is 31.0 Å². The number of rotatable bonds is 2. The van der Waals surface area contributed by atoms with Crippen LogP contribution < -0.4 is 20.5 Å². The van der Waals surface area contributed by atoms with E-state index in [1.165, 1.54) is 0 Å². The molecule has 2 aliphatic rings. The molecule has 3 heterocycles. The molecule has 1 aromatic carbocycles. The second kappa shape index (κ2) is 6.95. The molecule has 8 heteroatoms. The molecule has 0 bridgehead atoms. The number of nitrogens with zero attached hydrogens (tertiary/aromatic N) is 1. The Morgan fingerprint density at radius 1 is 1.36 bits per heavy atom. The number of hydrogen-bond acceptors (Lipinski definition) is 6. The van der Waals surface area contributed by atoms with E-state index in [2.05, 4.69) is 26.2 Å². The van der Waals surface area contributed by atoms with Gasteiger partial charge in [-0.3, -0.25) is 0 Å². The van der Waals surface area contributed by atoms with E-state index in [4.69, 9.17) is 19.9 Å². The summed E-state index contributed by atoms with van der Waals surface area (Å²) in [7, 11) is 0. The summed E-state index contributed by atoms with van der Waals surface area (Å²) in [5.41, 5.74) is 6.29. The third kappa shape index (κ3) is 3.50. The number of ether oxygens (including phenoxy) is 3. The molecule has 0 aliphatic carbocycles. The van der Waals surface area contributed by atoms with E-state index in [9.17, 15) is 4.39 Å². The zero-order chi connectivity index (χ0) is 20.1. The predicted octanol–water partition coefficient (Wildman–Crippen LogP) is 3.66. The van der Waals surface area contributed by atoms with Crippen molar-refractivity contribution in [1.29, 1.82) is 0 Å². The second-order valence-corrected chi connectivity index (χ2v) is 9.25. The molecule has 150 valence electrons. The molecule has 0 radical (unpaired) electrons. The topological polar surface area (TPSA) is 78.6 Å². The number of nitrogens with two attached hydrogens (primary N) is 1. The van der Waals surface area contributed by atoms with E-state index in [1.54, 1.807) is 12.1 Å². The number of aromatic nitrogens is 1. The van der Waals surface area contributed by atoms with Crippen molar-refractivity contribution in [3.8, 4) is 17.4 Å². The van der Waals surface area contributed by atoms with Crippen LogP contribution in [0.15, 0.2) is 28.7 Å². The number of fused-ring (bicyclic) bond motifs is 4. The van der Waals surface area contributed by atoms with Crippen LogP contribution in [0.1, 0.15) is 31.9 Å². The lowest BCUT2D eigenvalue weighted by molar-refractivity contribution is -0.0976. The first-order chi connectivity index (χ1) is 13.2. The Morgan fingerprint density at radius 3 is 2.86 bits per heavy atom. The van der Waals surface area contributed by atoms with Gasteiger partial charge in [0.15, 0.2) is 5.75 Å². The molecule has 3 N–H and O–H groups in total. The largest absolute Gasteiger partial charge is 0.477 e. The molecule has 6 nitrogen and oxygen atoms in total. The summed E-state index contributed by atoms with van der Waals surface area (Å²) >= 11 is 3.50. The minimum Gasteiger partial charge on any atom is -0.477 e. The van der Waals surface area contributed by atoms with Crippen molar-refractivity contribution in [2.75, 3.05) is 19.7 Å². The number of nitrogens with one attached hydrogen (secondary N) is 1. The molecule has 2 unspecified atom stereocenters. The lowest BCUT2D eigenvalue weighted by atomic mass is 9.82. The number of benzene rings is 1. The average Bonchev–Trinajstić information content (AvgIpc) is 2.61. The Balaban J connectivity index is 1.86. The summed E-state index contributed by atoms with van der Waals surface area (Å²) < 4.78 is 33.7. The first-order valence-electron chi connectivity index (χ1n) is 9.14. The van der Waals surface area contributed by atoms with Crippen molar-refractivity contribution in [3.05, 3.63) is 45.8 Å². The smallest absolute Gasteiger partial charge is 0.259 e. The van der Waals surface area contributed by atoms with Gasteiger partial charge in [0.1, 0.15) is 17.6 Å². The standard InChI is InChI=1S/C20H23BrFN3O3/c1-19(2,3)10-26-16-7-13-17(18(22)25-16)27-14-5-4-11(21)6-12(14)20(13)9-24-8-15(23)28-20/h4-7,15,24H,8-10,23H2,1-3H3. The monoisotopic (exact) mass is 451 g/mol. The maximum absolute atomic E-state index is 14.9. The third-order valence-corrected chi connectivity index (χ3v) is 5.15. The minimum atomic E-state index is -1.01. The minimum absolute atomic E-state index is 0.0360. The fraction of sp³-hybridized carbons (Fsp3) is 0.450. The zero-order valence-electron chi connectivity index (χ0n) is 16.0. The van der Waals surface area contributed by atoms with Crippen LogP contribution in [0, 0.1) is 11.4 Å². The Morgan fingerprint density at radius 2 is 2.14 bits per heavy atom. The SMILES string of the molecule is CC(C)(C)COc1cc2c(c(F)n1)Oc1ccc(Br)cc1C21CNCC(N)O1. The van der Waals surface area contributed by atoms with Crippen LogP contribution in [0.2, 0.25) is 0 Å². The van der Waals surface area contributed by atoms with Gasteiger partial charge in [-0.05, 0) is 23.6 Å². The van der Waals surface area contributed by atoms with Crippen molar-refractivity contribution in [2.45, 2.75) is 32.6 Å². The maximum atomic E-state index is 14.9. The molecule has 0 saturated carbocycles. The van der Waals surface area contributed by atoms with Gasteiger partial charge in [0, 0.05) is 34.8 Å². The van der Waals surface area contributed by atoms with Gasteiger partial charge in [0.2, 0.25) is 5.88 Å². The van der Waals surface area contributed by atoms with Crippen LogP contribution in [0.5, 0.6) is 17.4 Å². The van der Waals surface area contributed by atoms with E-state index < -0.39 is 17.8 Å². The molecule has 28 heavy (non-hydrogen) atoms. The van der Waals surface area contributed by atoms with Gasteiger partial charge in [-0.1, -0.05) is 36.7 Å². The van der Waals surface area contributed by atoms with Crippen LogP contribution in [0.25, 0.3) is 0 Å². The lowest BCUT2D eigenvalue weighted by Crippen LogP contribution is -2.56. The summed E-state index contributed by atoms with van der Waals surface area (Å²) in [6.07, 6.45) is -0.554. The summed E-state index contributed by atoms with van der Waals surface area (Å²) in [6.45, 7) is 7.42. The summed E-state index contributed by atoms with van der Waals surface area (Å²) in [6, 6.07) is 7.20.